The van der Waals surface area contributed by atoms with Gasteiger partial charge in [0.15, 0.2) is 0 Å². The van der Waals surface area contributed by atoms with Crippen LogP contribution in [0.3, 0.4) is 0 Å². The van der Waals surface area contributed by atoms with E-state index in [0.29, 0.717) is 24.6 Å². The Hall–Kier alpha value is -0.840. The van der Waals surface area contributed by atoms with Gasteiger partial charge in [-0.2, -0.15) is 0 Å². The maximum Gasteiger partial charge on any atom is 0.255 e. The Kier molecular flexibility index (Phi) is 6.24. The minimum Gasteiger partial charge on any atom is -0.334 e. The highest BCUT2D eigenvalue weighted by molar-refractivity contribution is 6.33. The molecule has 1 heterocycles. The number of carbonyl (C=O) groups is 1. The summed E-state index contributed by atoms with van der Waals surface area (Å²) in [5.41, 5.74) is 6.09. The van der Waals surface area contributed by atoms with Gasteiger partial charge in [0, 0.05) is 19.1 Å². The van der Waals surface area contributed by atoms with Gasteiger partial charge in [-0.05, 0) is 37.0 Å². The largest absolute Gasteiger partial charge is 0.334 e. The molecular formula is C14H19Cl2FN2O. The number of nitrogens with zero attached hydrogens (tertiary/aromatic N) is 1. The molecule has 2 atom stereocenters. The number of nitrogens with two attached hydrogens (primary N) is 1. The number of carbonyl (C=O) groups excluding carboxylic acids is 1. The van der Waals surface area contributed by atoms with Crippen molar-refractivity contribution in [2.75, 3.05) is 13.1 Å². The lowest BCUT2D eigenvalue weighted by Gasteiger charge is -2.38. The second kappa shape index (κ2) is 7.25. The van der Waals surface area contributed by atoms with Gasteiger partial charge < -0.3 is 10.6 Å². The first-order valence-electron chi connectivity index (χ1n) is 6.49. The molecule has 0 spiro atoms. The van der Waals surface area contributed by atoms with E-state index in [4.69, 9.17) is 17.3 Å². The van der Waals surface area contributed by atoms with Gasteiger partial charge in [0.25, 0.3) is 5.91 Å². The van der Waals surface area contributed by atoms with Crippen molar-refractivity contribution in [3.05, 3.63) is 34.6 Å². The average molecular weight is 321 g/mol. The molecule has 1 fully saturated rings. The summed E-state index contributed by atoms with van der Waals surface area (Å²) < 4.78 is 13.0. The zero-order valence-electron chi connectivity index (χ0n) is 11.3. The van der Waals surface area contributed by atoms with E-state index in [-0.39, 0.29) is 29.4 Å². The summed E-state index contributed by atoms with van der Waals surface area (Å²) in [5.74, 6) is -0.0298. The molecule has 2 N–H and O–H groups in total. The van der Waals surface area contributed by atoms with Crippen LogP contribution in [0.4, 0.5) is 4.39 Å². The highest BCUT2D eigenvalue weighted by Gasteiger charge is 2.30. The highest BCUT2D eigenvalue weighted by Crippen LogP contribution is 2.26. The fourth-order valence-electron chi connectivity index (χ4n) is 2.56. The van der Waals surface area contributed by atoms with Crippen LogP contribution in [0.15, 0.2) is 18.2 Å². The molecular weight excluding hydrogens is 302 g/mol. The van der Waals surface area contributed by atoms with Crippen molar-refractivity contribution in [3.63, 3.8) is 0 Å². The van der Waals surface area contributed by atoms with Gasteiger partial charge in [0.2, 0.25) is 0 Å². The summed E-state index contributed by atoms with van der Waals surface area (Å²) in [4.78, 5) is 14.2. The average Bonchev–Trinajstić information content (AvgIpc) is 2.37. The number of amides is 1. The summed E-state index contributed by atoms with van der Waals surface area (Å²) in [6.45, 7) is 3.28. The van der Waals surface area contributed by atoms with E-state index in [2.05, 4.69) is 6.92 Å². The summed E-state index contributed by atoms with van der Waals surface area (Å²) >= 11 is 5.94. The van der Waals surface area contributed by atoms with Crippen molar-refractivity contribution in [1.82, 2.24) is 4.90 Å². The fraction of sp³-hybridized carbons (Fsp3) is 0.500. The fourth-order valence-corrected chi connectivity index (χ4v) is 2.81. The first-order chi connectivity index (χ1) is 9.02. The van der Waals surface area contributed by atoms with Crippen molar-refractivity contribution in [2.45, 2.75) is 25.8 Å². The first-order valence-corrected chi connectivity index (χ1v) is 6.86. The molecule has 1 aliphatic heterocycles. The van der Waals surface area contributed by atoms with Gasteiger partial charge >= 0.3 is 0 Å². The Morgan fingerprint density at radius 1 is 1.55 bits per heavy atom. The molecule has 0 aliphatic carbocycles. The van der Waals surface area contributed by atoms with Crippen LogP contribution in [0.1, 0.15) is 30.1 Å². The molecule has 0 aromatic heterocycles. The third kappa shape index (κ3) is 3.62. The molecule has 6 heteroatoms. The Morgan fingerprint density at radius 2 is 2.25 bits per heavy atom. The number of hydrogen-bond acceptors (Lipinski definition) is 2. The molecule has 1 aliphatic rings. The number of hydrogen-bond donors (Lipinski definition) is 1. The molecule has 2 rings (SSSR count). The van der Waals surface area contributed by atoms with Crippen molar-refractivity contribution in [1.29, 1.82) is 0 Å². The zero-order chi connectivity index (χ0) is 14.0. The molecule has 2 unspecified atom stereocenters. The lowest BCUT2D eigenvalue weighted by Crippen LogP contribution is -2.49. The van der Waals surface area contributed by atoms with E-state index in [1.807, 2.05) is 0 Å². The second-order valence-corrected chi connectivity index (χ2v) is 5.55. The number of rotatable bonds is 2. The van der Waals surface area contributed by atoms with E-state index in [9.17, 15) is 9.18 Å². The number of halogens is 3. The van der Waals surface area contributed by atoms with E-state index in [1.165, 1.54) is 18.2 Å². The van der Waals surface area contributed by atoms with E-state index >= 15 is 0 Å². The number of benzene rings is 1. The molecule has 0 bridgehead atoms. The van der Waals surface area contributed by atoms with Crippen LogP contribution in [0, 0.1) is 11.7 Å². The molecule has 3 nitrogen and oxygen atoms in total. The molecule has 112 valence electrons. The topological polar surface area (TPSA) is 46.3 Å². The first kappa shape index (κ1) is 17.2. The molecule has 1 amide bonds. The third-order valence-electron chi connectivity index (χ3n) is 3.67. The van der Waals surface area contributed by atoms with Crippen molar-refractivity contribution in [3.8, 4) is 0 Å². The highest BCUT2D eigenvalue weighted by atomic mass is 35.5. The van der Waals surface area contributed by atoms with E-state index in [0.717, 1.165) is 12.8 Å². The Morgan fingerprint density at radius 3 is 2.85 bits per heavy atom. The third-order valence-corrected chi connectivity index (χ3v) is 3.99. The lowest BCUT2D eigenvalue weighted by molar-refractivity contribution is 0.0574. The normalized spacial score (nSPS) is 22.3. The predicted molar refractivity (Wildman–Crippen MR) is 80.9 cm³/mol. The molecule has 1 aromatic rings. The smallest absolute Gasteiger partial charge is 0.255 e. The number of piperidine rings is 1. The van der Waals surface area contributed by atoms with Crippen LogP contribution in [0.25, 0.3) is 0 Å². The maximum atomic E-state index is 13.0. The van der Waals surface area contributed by atoms with Crippen LogP contribution in [-0.2, 0) is 0 Å². The van der Waals surface area contributed by atoms with Gasteiger partial charge in [0.05, 0.1) is 10.6 Å². The molecule has 20 heavy (non-hydrogen) atoms. The molecule has 0 saturated carbocycles. The molecule has 1 aromatic carbocycles. The summed E-state index contributed by atoms with van der Waals surface area (Å²) in [5, 5.41) is 0.152. The number of likely N-dealkylation sites (tertiary alicyclic amines) is 1. The monoisotopic (exact) mass is 320 g/mol. The van der Waals surface area contributed by atoms with E-state index < -0.39 is 5.82 Å². The minimum atomic E-state index is -0.441. The summed E-state index contributed by atoms with van der Waals surface area (Å²) in [7, 11) is 0. The molecule has 1 saturated heterocycles. The standard InChI is InChI=1S/C14H18ClFN2O.ClH/c1-9-4-5-18(11(6-9)8-17)14(19)12-3-2-10(16)7-13(12)15;/h2-3,7,9,11H,4-6,8,17H2,1H3;1H. The minimum absolute atomic E-state index is 0. The van der Waals surface area contributed by atoms with Gasteiger partial charge in [-0.1, -0.05) is 18.5 Å². The van der Waals surface area contributed by atoms with Crippen LogP contribution < -0.4 is 5.73 Å². The zero-order valence-corrected chi connectivity index (χ0v) is 12.9. The van der Waals surface area contributed by atoms with Gasteiger partial charge in [-0.25, -0.2) is 4.39 Å². The Labute approximate surface area is 129 Å². The summed E-state index contributed by atoms with van der Waals surface area (Å²) in [6, 6.07) is 3.89. The Bertz CT molecular complexity index is 484. The lowest BCUT2D eigenvalue weighted by atomic mass is 9.92. The van der Waals surface area contributed by atoms with E-state index in [1.54, 1.807) is 4.90 Å². The Balaban J connectivity index is 0.00000200. The van der Waals surface area contributed by atoms with Crippen LogP contribution in [-0.4, -0.2) is 29.9 Å². The van der Waals surface area contributed by atoms with Gasteiger partial charge in [-0.3, -0.25) is 4.79 Å². The van der Waals surface area contributed by atoms with Crippen LogP contribution in [0.2, 0.25) is 5.02 Å². The SMILES string of the molecule is CC1CCN(C(=O)c2ccc(F)cc2Cl)C(CN)C1.Cl. The van der Waals surface area contributed by atoms with Gasteiger partial charge in [0.1, 0.15) is 5.82 Å². The molecule has 0 radical (unpaired) electrons. The predicted octanol–water partition coefficient (Wildman–Crippen LogP) is 3.10. The summed E-state index contributed by atoms with van der Waals surface area (Å²) in [6.07, 6.45) is 1.86. The van der Waals surface area contributed by atoms with Crippen molar-refractivity contribution < 1.29 is 9.18 Å². The van der Waals surface area contributed by atoms with Gasteiger partial charge in [-0.15, -0.1) is 12.4 Å². The van der Waals surface area contributed by atoms with Crippen LogP contribution >= 0.6 is 24.0 Å². The second-order valence-electron chi connectivity index (χ2n) is 5.14. The van der Waals surface area contributed by atoms with Crippen molar-refractivity contribution in [2.24, 2.45) is 11.7 Å². The quantitative estimate of drug-likeness (QED) is 0.910. The van der Waals surface area contributed by atoms with Crippen LogP contribution in [0.5, 0.6) is 0 Å². The maximum absolute atomic E-state index is 13.0. The van der Waals surface area contributed by atoms with Crippen molar-refractivity contribution >= 4 is 29.9 Å².